The molecule has 0 radical (unpaired) electrons. The van der Waals surface area contributed by atoms with Gasteiger partial charge < -0.3 is 40.7 Å². The van der Waals surface area contributed by atoms with E-state index in [1.165, 1.54) is 57.8 Å². The molecule has 0 bridgehead atoms. The molecular formula is C58H99BrK2N4O11. The van der Waals surface area contributed by atoms with E-state index >= 15 is 0 Å². The van der Waals surface area contributed by atoms with Crippen LogP contribution in [0.15, 0.2) is 24.8 Å². The Morgan fingerprint density at radius 2 is 1.13 bits per heavy atom. The normalized spacial score (nSPS) is 38.9. The van der Waals surface area contributed by atoms with Gasteiger partial charge in [-0.2, -0.15) is 10.2 Å². The van der Waals surface area contributed by atoms with Gasteiger partial charge in [0, 0.05) is 26.1 Å². The first-order chi connectivity index (χ1) is 33.8. The molecule has 0 unspecified atom stereocenters. The van der Waals surface area contributed by atoms with Crippen molar-refractivity contribution in [1.82, 2.24) is 20.0 Å². The van der Waals surface area contributed by atoms with E-state index in [1.54, 1.807) is 51.7 Å². The summed E-state index contributed by atoms with van der Waals surface area (Å²) in [7, 11) is 6.63. The largest absolute Gasteiger partial charge is 1.00 e. The Hall–Kier alpha value is 0.383. The molecule has 8 fully saturated rings. The number of nitrogens with one attached hydrogen (secondary N) is 1. The summed E-state index contributed by atoms with van der Waals surface area (Å²) in [6, 6.07) is 0. The molecular weight excluding hydrogens is 1090 g/mol. The molecule has 2 aromatic rings. The predicted molar refractivity (Wildman–Crippen MR) is 290 cm³/mol. The summed E-state index contributed by atoms with van der Waals surface area (Å²) in [5.41, 5.74) is -0.241. The number of ketones is 2. The minimum absolute atomic E-state index is 0. The van der Waals surface area contributed by atoms with E-state index in [1.807, 2.05) is 6.20 Å². The van der Waals surface area contributed by atoms with Gasteiger partial charge in [0.2, 0.25) is 0 Å². The number of aliphatic hydroxyl groups is 2. The molecule has 2 aromatic heterocycles. The van der Waals surface area contributed by atoms with Crippen LogP contribution in [0.5, 0.6) is 11.5 Å². The van der Waals surface area contributed by atoms with Gasteiger partial charge in [-0.1, -0.05) is 65.9 Å². The van der Waals surface area contributed by atoms with Crippen LogP contribution in [0.4, 0.5) is 0 Å². The van der Waals surface area contributed by atoms with Crippen molar-refractivity contribution >= 4 is 34.0 Å². The first kappa shape index (κ1) is 72.5. The number of methoxy groups -OCH3 is 4. The quantitative estimate of drug-likeness (QED) is 0.0889. The number of fused-ring (bicyclic) bond motifs is 10. The van der Waals surface area contributed by atoms with Crippen LogP contribution in [-0.4, -0.2) is 106 Å². The summed E-state index contributed by atoms with van der Waals surface area (Å²) in [4.78, 5) is 37.2. The average molecular weight is 1190 g/mol. The number of aromatic nitrogens is 4. The molecule has 16 atom stereocenters. The molecule has 0 saturated heterocycles. The molecule has 2 heterocycles. The Balaban J connectivity index is 0.000000609. The number of carbonyl (C=O) groups excluding carboxylic acids is 3. The first-order valence-electron chi connectivity index (χ1n) is 26.7. The summed E-state index contributed by atoms with van der Waals surface area (Å²) in [5, 5.41) is 41.5. The van der Waals surface area contributed by atoms with Gasteiger partial charge in [-0.25, -0.2) is 0 Å². The van der Waals surface area contributed by atoms with E-state index in [-0.39, 0.29) is 156 Å². The van der Waals surface area contributed by atoms with E-state index < -0.39 is 11.2 Å². The minimum atomic E-state index is -0.644. The maximum Gasteiger partial charge on any atom is 1.00 e. The number of Topliss-reactive ketones (excluding diaryl/α,β-unsaturated/α-hetero) is 2. The maximum absolute atomic E-state index is 13.4. The number of nitrogens with zero attached hydrogens (tertiary/aromatic N) is 3. The number of hydrogen-bond acceptors (Lipinski definition) is 13. The van der Waals surface area contributed by atoms with Crippen LogP contribution >= 0.6 is 15.9 Å². The number of alkyl halides is 1. The summed E-state index contributed by atoms with van der Waals surface area (Å²) in [6.07, 6.45) is 27.0. The molecule has 0 aromatic carbocycles. The second kappa shape index (κ2) is 30.8. The smallest absolute Gasteiger partial charge is 1.00 e. The third kappa shape index (κ3) is 15.0. The number of hydrogen-bond donors (Lipinski definition) is 3. The fraction of sp³-hybridized carbons (Fsp3) is 0.845. The van der Waals surface area contributed by atoms with Gasteiger partial charge in [-0.05, 0) is 185 Å². The zero-order valence-corrected chi connectivity index (χ0v) is 53.8. The molecule has 8 saturated carbocycles. The Labute approximate surface area is 552 Å². The van der Waals surface area contributed by atoms with Crippen LogP contribution in [0, 0.1) is 80.8 Å². The summed E-state index contributed by atoms with van der Waals surface area (Å²) in [5.74, 6) is 8.24. The second-order valence-electron chi connectivity index (χ2n) is 24.4. The number of aromatic amines is 1. The summed E-state index contributed by atoms with van der Waals surface area (Å²) in [6.45, 7) is 11.0. The van der Waals surface area contributed by atoms with Crippen LogP contribution in [0.2, 0.25) is 0 Å². The van der Waals surface area contributed by atoms with Crippen molar-refractivity contribution in [3.63, 3.8) is 0 Å². The minimum Gasteiger partial charge on any atom is -1.00 e. The SMILES string of the molecule is C.C.C.COC[C@@]1(O)CC[C@@]2(C)[C@@H](CC[C@@H]3[C@@H]2CC[C@]2(C)[C@@H](C(=O)CBr)CC[C@@H]32)C1.COC[C@@]1(O)CC[C@@]2(C)[C@@H](CC[C@@H]3[C@@H]2CC[C@]2(C)[C@@H](C(=O)Cn4cc(OC)cn4)CC[C@@H]32)C1.COc1cn[nH]c1.O=CO[O-].[H-].[K+].[K+]. The molecule has 0 spiro atoms. The Kier molecular flexibility index (Phi) is 29.4. The maximum atomic E-state index is 13.4. The van der Waals surface area contributed by atoms with Crippen molar-refractivity contribution in [1.29, 1.82) is 0 Å². The van der Waals surface area contributed by atoms with Crippen molar-refractivity contribution in [2.45, 2.75) is 183 Å². The molecule has 10 rings (SSSR count). The van der Waals surface area contributed by atoms with Gasteiger partial charge in [0.05, 0.1) is 75.3 Å². The summed E-state index contributed by atoms with van der Waals surface area (Å²) >= 11 is 3.43. The third-order valence-electron chi connectivity index (χ3n) is 21.3. The fourth-order valence-corrected chi connectivity index (χ4v) is 18.1. The number of ether oxygens (including phenoxy) is 4. The van der Waals surface area contributed by atoms with E-state index in [0.29, 0.717) is 71.0 Å². The zero-order valence-electron chi connectivity index (χ0n) is 47.0. The van der Waals surface area contributed by atoms with Crippen LogP contribution in [0.25, 0.3) is 0 Å². The molecule has 8 aliphatic carbocycles. The third-order valence-corrected chi connectivity index (χ3v) is 21.8. The van der Waals surface area contributed by atoms with E-state index in [0.717, 1.165) is 93.1 Å². The van der Waals surface area contributed by atoms with Crippen molar-refractivity contribution in [3.8, 4) is 11.5 Å². The van der Waals surface area contributed by atoms with Crippen LogP contribution in [-0.2, 0) is 35.3 Å². The Bertz CT molecular complexity index is 2100. The first-order valence-corrected chi connectivity index (χ1v) is 27.8. The molecule has 8 aliphatic rings. The van der Waals surface area contributed by atoms with E-state index in [2.05, 4.69) is 63.8 Å². The van der Waals surface area contributed by atoms with Gasteiger partial charge in [-0.3, -0.25) is 24.2 Å². The van der Waals surface area contributed by atoms with Crippen molar-refractivity contribution in [2.24, 2.45) is 80.8 Å². The van der Waals surface area contributed by atoms with E-state index in [4.69, 9.17) is 29.0 Å². The molecule has 0 amide bonds. The van der Waals surface area contributed by atoms with Crippen LogP contribution < -0.4 is 118 Å². The van der Waals surface area contributed by atoms with Gasteiger partial charge in [0.15, 0.2) is 17.3 Å². The van der Waals surface area contributed by atoms with E-state index in [9.17, 15) is 19.8 Å². The van der Waals surface area contributed by atoms with Crippen molar-refractivity contribution < 1.29 is 158 Å². The standard InChI is InChI=1S/C27H42N2O4.C23H37BrO3.C4H6N2O.CH2O3.3CH4.2K.H/c1-25-11-12-27(31,17-32-3)13-18(25)5-6-20-21-7-8-23(26(21,2)10-9-22(20)25)24(30)16-29-15-19(33-4)14-28-29;1-21-10-11-23(26,14-27-3)12-15(21)4-5-16-17-6-7-19(20(25)13-24)22(17,2)9-8-18(16)21;1-7-4-2-5-6-3-4;2-1-4-3;;;;;;/h14-15,18,20-23,31H,5-13,16-17H2,1-4H3;15-19,26H,4-14H2,1-3H3;2-3H,1H3,(H,5,6);1,3H;3*1H4;;;/q;;;;;;;2*+1;-1/p-1/t18-,20-,21-,22-,23+,25-,26-,27+;15-,16-,17-,18-,19+,21-,22-,23+;;;;;;;;/m00......../s1. The molecule has 0 aliphatic heterocycles. The molecule has 15 nitrogen and oxygen atoms in total. The van der Waals surface area contributed by atoms with Gasteiger partial charge in [0.1, 0.15) is 5.78 Å². The van der Waals surface area contributed by atoms with Crippen LogP contribution in [0.1, 0.15) is 167 Å². The van der Waals surface area contributed by atoms with Gasteiger partial charge >= 0.3 is 103 Å². The van der Waals surface area contributed by atoms with Crippen LogP contribution in [0.3, 0.4) is 0 Å². The van der Waals surface area contributed by atoms with Crippen molar-refractivity contribution in [3.05, 3.63) is 24.8 Å². The number of halogens is 1. The fourth-order valence-electron chi connectivity index (χ4n) is 17.8. The molecule has 3 N–H and O–H groups in total. The summed E-state index contributed by atoms with van der Waals surface area (Å²) < 4.78 is 22.4. The zero-order chi connectivity index (χ0) is 51.4. The molecule has 18 heteroatoms. The van der Waals surface area contributed by atoms with Crippen molar-refractivity contribution in [2.75, 3.05) is 47.0 Å². The average Bonchev–Trinajstić information content (AvgIpc) is 4.19. The number of carbonyl (C=O) groups is 3. The van der Waals surface area contributed by atoms with Gasteiger partial charge in [-0.15, -0.1) is 0 Å². The topological polar surface area (TPSA) is 207 Å². The monoisotopic (exact) mass is 1180 g/mol. The number of H-pyrrole nitrogens is 1. The second-order valence-corrected chi connectivity index (χ2v) is 24.9. The predicted octanol–water partition coefficient (Wildman–Crippen LogP) is 4.37. The molecule has 426 valence electrons. The molecule has 76 heavy (non-hydrogen) atoms. The van der Waals surface area contributed by atoms with Gasteiger partial charge in [0.25, 0.3) is 6.47 Å². The Morgan fingerprint density at radius 1 is 0.684 bits per heavy atom. The Morgan fingerprint density at radius 3 is 1.50 bits per heavy atom. The number of rotatable bonds is 12.